The minimum absolute atomic E-state index is 0.0225. The Labute approximate surface area is 107 Å². The molecule has 0 aromatic heterocycles. The van der Waals surface area contributed by atoms with E-state index >= 15 is 0 Å². The van der Waals surface area contributed by atoms with Gasteiger partial charge < -0.3 is 5.11 Å². The molecule has 0 radical (unpaired) electrons. The molecule has 0 atom stereocenters. The van der Waals surface area contributed by atoms with Crippen LogP contribution in [0.25, 0.3) is 0 Å². The van der Waals surface area contributed by atoms with Crippen molar-refractivity contribution in [1.29, 1.82) is 0 Å². The first-order valence-corrected chi connectivity index (χ1v) is 6.75. The Kier molecular flexibility index (Phi) is 4.13. The van der Waals surface area contributed by atoms with E-state index in [-0.39, 0.29) is 4.90 Å². The van der Waals surface area contributed by atoms with E-state index < -0.39 is 28.1 Å². The van der Waals surface area contributed by atoms with Gasteiger partial charge in [0.1, 0.15) is 0 Å². The predicted octanol–water partition coefficient (Wildman–Crippen LogP) is 1.81. The number of aryl methyl sites for hydroxylation is 1. The van der Waals surface area contributed by atoms with Gasteiger partial charge in [-0.25, -0.2) is 0 Å². The maximum absolute atomic E-state index is 11.8. The Hall–Kier alpha value is -1.40. The zero-order valence-corrected chi connectivity index (χ0v) is 11.3. The minimum Gasteiger partial charge on any atom is -0.481 e. The summed E-state index contributed by atoms with van der Waals surface area (Å²) in [4.78, 5) is 10.9. The van der Waals surface area contributed by atoms with Crippen LogP contribution in [0.1, 0.15) is 19.4 Å². The van der Waals surface area contributed by atoms with Gasteiger partial charge >= 0.3 is 5.97 Å². The van der Waals surface area contributed by atoms with Crippen molar-refractivity contribution in [1.82, 2.24) is 0 Å². The summed E-state index contributed by atoms with van der Waals surface area (Å²) in [5.41, 5.74) is -0.322. The fourth-order valence-electron chi connectivity index (χ4n) is 1.06. The second-order valence-corrected chi connectivity index (χ2v) is 6.33. The summed E-state index contributed by atoms with van der Waals surface area (Å²) in [6.07, 6.45) is 0. The average molecular weight is 272 g/mol. The van der Waals surface area contributed by atoms with E-state index in [2.05, 4.69) is 0 Å². The van der Waals surface area contributed by atoms with E-state index in [9.17, 15) is 13.2 Å². The van der Waals surface area contributed by atoms with Crippen molar-refractivity contribution < 1.29 is 22.5 Å². The maximum atomic E-state index is 11.8. The summed E-state index contributed by atoms with van der Waals surface area (Å²) in [6, 6.07) is 6.16. The van der Waals surface area contributed by atoms with E-state index in [1.165, 1.54) is 26.0 Å². The smallest absolute Gasteiger partial charge is 0.311 e. The van der Waals surface area contributed by atoms with Crippen molar-refractivity contribution in [3.05, 3.63) is 29.8 Å². The third-order valence-corrected chi connectivity index (χ3v) is 3.74. The molecule has 0 spiro atoms. The number of carboxylic acid groups (broad SMARTS) is 1. The lowest BCUT2D eigenvalue weighted by Crippen LogP contribution is -2.30. The molecule has 1 N–H and O–H groups in total. The number of rotatable bonds is 5. The van der Waals surface area contributed by atoms with Crippen LogP contribution in [0.2, 0.25) is 0 Å². The summed E-state index contributed by atoms with van der Waals surface area (Å²) in [5.74, 6) is -1.11. The second-order valence-electron chi connectivity index (χ2n) is 4.72. The fourth-order valence-corrected chi connectivity index (χ4v) is 2.11. The van der Waals surface area contributed by atoms with Gasteiger partial charge in [0, 0.05) is 0 Å². The summed E-state index contributed by atoms with van der Waals surface area (Å²) in [7, 11) is -3.91. The molecule has 0 aliphatic carbocycles. The zero-order valence-electron chi connectivity index (χ0n) is 10.5. The van der Waals surface area contributed by atoms with Gasteiger partial charge in [-0.2, -0.15) is 8.42 Å². The summed E-state index contributed by atoms with van der Waals surface area (Å²) in [6.45, 7) is 4.24. The normalized spacial score (nSPS) is 12.4. The highest BCUT2D eigenvalue weighted by atomic mass is 32.2. The molecule has 1 rings (SSSR count). The molecule has 0 fully saturated rings. The lowest BCUT2D eigenvalue weighted by molar-refractivity contribution is -0.148. The molecule has 1 aromatic carbocycles. The Morgan fingerprint density at radius 2 is 1.78 bits per heavy atom. The highest BCUT2D eigenvalue weighted by Gasteiger charge is 2.30. The molecule has 5 nitrogen and oxygen atoms in total. The zero-order chi connectivity index (χ0) is 14.0. The van der Waals surface area contributed by atoms with E-state index in [1.807, 2.05) is 6.92 Å². The van der Waals surface area contributed by atoms with Crippen molar-refractivity contribution >= 4 is 16.1 Å². The first-order valence-electron chi connectivity index (χ1n) is 5.35. The van der Waals surface area contributed by atoms with Crippen LogP contribution in [0.15, 0.2) is 29.2 Å². The number of benzene rings is 1. The van der Waals surface area contributed by atoms with Crippen LogP contribution in [0.3, 0.4) is 0 Å². The Bertz CT molecular complexity index is 528. The molecule has 0 saturated heterocycles. The lowest BCUT2D eigenvalue weighted by atomic mass is 9.96. The van der Waals surface area contributed by atoms with Crippen molar-refractivity contribution in [2.75, 3.05) is 6.61 Å². The van der Waals surface area contributed by atoms with Gasteiger partial charge in [-0.3, -0.25) is 8.98 Å². The van der Waals surface area contributed by atoms with Gasteiger partial charge in [-0.1, -0.05) is 17.7 Å². The summed E-state index contributed by atoms with van der Waals surface area (Å²) >= 11 is 0. The Morgan fingerprint density at radius 3 is 2.22 bits per heavy atom. The van der Waals surface area contributed by atoms with Gasteiger partial charge in [0.25, 0.3) is 10.1 Å². The monoisotopic (exact) mass is 272 g/mol. The van der Waals surface area contributed by atoms with E-state index in [0.29, 0.717) is 0 Å². The maximum Gasteiger partial charge on any atom is 0.311 e. The topological polar surface area (TPSA) is 80.7 Å². The molecule has 0 unspecified atom stereocenters. The predicted molar refractivity (Wildman–Crippen MR) is 65.7 cm³/mol. The molecule has 0 bridgehead atoms. The van der Waals surface area contributed by atoms with Crippen molar-refractivity contribution in [3.63, 3.8) is 0 Å². The highest BCUT2D eigenvalue weighted by Crippen LogP contribution is 2.20. The van der Waals surface area contributed by atoms with Gasteiger partial charge in [-0.15, -0.1) is 0 Å². The lowest BCUT2D eigenvalue weighted by Gasteiger charge is -2.18. The van der Waals surface area contributed by atoms with Crippen LogP contribution in [-0.4, -0.2) is 26.1 Å². The minimum atomic E-state index is -3.91. The summed E-state index contributed by atoms with van der Waals surface area (Å²) in [5, 5.41) is 8.87. The molecule has 0 aliphatic heterocycles. The van der Waals surface area contributed by atoms with Crippen LogP contribution in [-0.2, 0) is 19.1 Å². The van der Waals surface area contributed by atoms with Crippen LogP contribution >= 0.6 is 0 Å². The molecular formula is C12H16O5S. The van der Waals surface area contributed by atoms with Gasteiger partial charge in [0.2, 0.25) is 0 Å². The molecule has 0 saturated carbocycles. The van der Waals surface area contributed by atoms with Crippen molar-refractivity contribution in [2.24, 2.45) is 5.41 Å². The number of hydrogen-bond acceptors (Lipinski definition) is 4. The van der Waals surface area contributed by atoms with Crippen LogP contribution in [0.4, 0.5) is 0 Å². The third kappa shape index (κ3) is 3.54. The van der Waals surface area contributed by atoms with Crippen LogP contribution in [0, 0.1) is 12.3 Å². The van der Waals surface area contributed by atoms with E-state index in [1.54, 1.807) is 12.1 Å². The van der Waals surface area contributed by atoms with Crippen molar-refractivity contribution in [2.45, 2.75) is 25.7 Å². The molecule has 0 heterocycles. The summed E-state index contributed by atoms with van der Waals surface area (Å²) < 4.78 is 28.4. The Balaban J connectivity index is 2.84. The van der Waals surface area contributed by atoms with Gasteiger partial charge in [-0.05, 0) is 32.9 Å². The molecule has 0 aliphatic rings. The molecule has 6 heteroatoms. The first-order chi connectivity index (χ1) is 8.15. The third-order valence-electron chi connectivity index (χ3n) is 2.46. The Morgan fingerprint density at radius 1 is 1.28 bits per heavy atom. The first kappa shape index (κ1) is 14.7. The molecule has 100 valence electrons. The van der Waals surface area contributed by atoms with E-state index in [4.69, 9.17) is 9.29 Å². The molecule has 1 aromatic rings. The van der Waals surface area contributed by atoms with Gasteiger partial charge in [0.05, 0.1) is 16.9 Å². The SMILES string of the molecule is Cc1ccc(S(=O)(=O)OCC(C)(C)C(=O)O)cc1. The standard InChI is InChI=1S/C12H16O5S/c1-9-4-6-10(7-5-9)18(15,16)17-8-12(2,3)11(13)14/h4-7H,8H2,1-3H3,(H,13,14). The number of carbonyl (C=O) groups is 1. The molecule has 18 heavy (non-hydrogen) atoms. The van der Waals surface area contributed by atoms with Crippen LogP contribution in [0.5, 0.6) is 0 Å². The highest BCUT2D eigenvalue weighted by molar-refractivity contribution is 7.86. The van der Waals surface area contributed by atoms with Crippen molar-refractivity contribution in [3.8, 4) is 0 Å². The number of carboxylic acids is 1. The molecular weight excluding hydrogens is 256 g/mol. The number of hydrogen-bond donors (Lipinski definition) is 1. The largest absolute Gasteiger partial charge is 0.481 e. The fraction of sp³-hybridized carbons (Fsp3) is 0.417. The quantitative estimate of drug-likeness (QED) is 0.827. The number of aliphatic carboxylic acids is 1. The second kappa shape index (κ2) is 5.07. The van der Waals surface area contributed by atoms with Gasteiger partial charge in [0.15, 0.2) is 0 Å². The average Bonchev–Trinajstić information content (AvgIpc) is 2.27. The van der Waals surface area contributed by atoms with Crippen LogP contribution < -0.4 is 0 Å². The van der Waals surface area contributed by atoms with E-state index in [0.717, 1.165) is 5.56 Å². The molecule has 0 amide bonds.